The molecule has 1 fully saturated rings. The van der Waals surface area contributed by atoms with Crippen LogP contribution in [0.3, 0.4) is 0 Å². The number of benzene rings is 2. The molecule has 176 valence electrons. The number of carbonyl (C=O) groups excluding carboxylic acids is 1. The number of carbonyl (C=O) groups is 1. The molecular weight excluding hydrogens is 440 g/mol. The molecule has 2 N–H and O–H groups in total. The predicted octanol–water partition coefficient (Wildman–Crippen LogP) is 4.79. The average molecular weight is 467 g/mol. The van der Waals surface area contributed by atoms with E-state index in [1.54, 1.807) is 18.5 Å². The first kappa shape index (κ1) is 22.5. The van der Waals surface area contributed by atoms with E-state index in [4.69, 9.17) is 9.72 Å². The van der Waals surface area contributed by atoms with E-state index in [1.165, 1.54) is 6.08 Å². The molecule has 5 rings (SSSR count). The summed E-state index contributed by atoms with van der Waals surface area (Å²) in [6.07, 6.45) is 6.81. The normalized spacial score (nSPS) is 13.8. The first-order chi connectivity index (χ1) is 17.2. The van der Waals surface area contributed by atoms with Crippen molar-refractivity contribution >= 4 is 40.0 Å². The van der Waals surface area contributed by atoms with Crippen LogP contribution in [0.25, 0.3) is 22.0 Å². The minimum Gasteiger partial charge on any atom is -0.378 e. The predicted molar refractivity (Wildman–Crippen MR) is 139 cm³/mol. The fraction of sp³-hybridized carbons (Fsp3) is 0.185. The Labute approximate surface area is 203 Å². The lowest BCUT2D eigenvalue weighted by Crippen LogP contribution is -2.36. The third-order valence-electron chi connectivity index (χ3n) is 5.71. The largest absolute Gasteiger partial charge is 0.378 e. The van der Waals surface area contributed by atoms with Gasteiger partial charge in [-0.1, -0.05) is 36.4 Å². The van der Waals surface area contributed by atoms with Crippen LogP contribution in [0.4, 0.5) is 23.1 Å². The summed E-state index contributed by atoms with van der Waals surface area (Å²) < 4.78 is 5.41. The van der Waals surface area contributed by atoms with Crippen molar-refractivity contribution in [1.29, 1.82) is 0 Å². The summed E-state index contributed by atoms with van der Waals surface area (Å²) in [4.78, 5) is 28.0. The molecule has 1 aliphatic rings. The van der Waals surface area contributed by atoms with Crippen molar-refractivity contribution in [3.05, 3.63) is 79.1 Å². The lowest BCUT2D eigenvalue weighted by atomic mass is 10.0. The van der Waals surface area contributed by atoms with Gasteiger partial charge in [0.25, 0.3) is 0 Å². The number of nitrogens with one attached hydrogen (secondary N) is 2. The lowest BCUT2D eigenvalue weighted by Gasteiger charge is -2.27. The molecule has 3 heterocycles. The Balaban J connectivity index is 1.40. The van der Waals surface area contributed by atoms with Gasteiger partial charge in [0, 0.05) is 35.9 Å². The highest BCUT2D eigenvalue weighted by Crippen LogP contribution is 2.30. The second kappa shape index (κ2) is 10.3. The molecule has 1 aliphatic heterocycles. The van der Waals surface area contributed by atoms with E-state index in [-0.39, 0.29) is 5.91 Å². The summed E-state index contributed by atoms with van der Waals surface area (Å²) in [6.45, 7) is 4.94. The van der Waals surface area contributed by atoms with E-state index in [0.29, 0.717) is 5.95 Å². The molecular formula is C27H26N6O2. The zero-order valence-corrected chi connectivity index (χ0v) is 19.4. The van der Waals surface area contributed by atoms with Crippen LogP contribution in [0.5, 0.6) is 0 Å². The van der Waals surface area contributed by atoms with Gasteiger partial charge in [0.1, 0.15) is 5.82 Å². The Bertz CT molecular complexity index is 1360. The van der Waals surface area contributed by atoms with E-state index in [2.05, 4.69) is 25.5 Å². The molecule has 8 heteroatoms. The van der Waals surface area contributed by atoms with Gasteiger partial charge in [-0.2, -0.15) is 0 Å². The van der Waals surface area contributed by atoms with Crippen molar-refractivity contribution in [3.63, 3.8) is 0 Å². The zero-order valence-electron chi connectivity index (χ0n) is 19.4. The van der Waals surface area contributed by atoms with E-state index in [0.717, 1.165) is 65.5 Å². The molecule has 8 nitrogen and oxygen atoms in total. The van der Waals surface area contributed by atoms with Gasteiger partial charge in [0.15, 0.2) is 0 Å². The van der Waals surface area contributed by atoms with Gasteiger partial charge in [0.05, 0.1) is 30.6 Å². The molecule has 0 unspecified atom stereocenters. The SMILES string of the molecule is CC=CC(=O)Nc1cccc(-c2cccc3cnc(Nc4ccc(N5CCOCC5)nc4)nc23)c1. The number of aromatic nitrogens is 3. The molecule has 1 amide bonds. The van der Waals surface area contributed by atoms with Crippen LogP contribution in [0.2, 0.25) is 0 Å². The van der Waals surface area contributed by atoms with Crippen LogP contribution >= 0.6 is 0 Å². The van der Waals surface area contributed by atoms with Crippen LogP contribution in [0.15, 0.2) is 79.1 Å². The maximum absolute atomic E-state index is 12.0. The van der Waals surface area contributed by atoms with Crippen molar-refractivity contribution < 1.29 is 9.53 Å². The highest BCUT2D eigenvalue weighted by molar-refractivity contribution is 6.00. The summed E-state index contributed by atoms with van der Waals surface area (Å²) in [6, 6.07) is 17.7. The number of allylic oxidation sites excluding steroid dienone is 1. The molecule has 35 heavy (non-hydrogen) atoms. The number of anilines is 4. The fourth-order valence-electron chi connectivity index (χ4n) is 4.02. The number of rotatable bonds is 6. The Hall–Kier alpha value is -4.30. The number of nitrogens with zero attached hydrogens (tertiary/aromatic N) is 4. The lowest BCUT2D eigenvalue weighted by molar-refractivity contribution is -0.111. The Kier molecular flexibility index (Phi) is 6.63. The number of para-hydroxylation sites is 1. The first-order valence-electron chi connectivity index (χ1n) is 11.6. The number of ether oxygens (including phenoxy) is 1. The molecule has 2 aromatic carbocycles. The molecule has 0 aliphatic carbocycles. The maximum atomic E-state index is 12.0. The maximum Gasteiger partial charge on any atom is 0.248 e. The van der Waals surface area contributed by atoms with Crippen molar-refractivity contribution in [2.75, 3.05) is 41.8 Å². The van der Waals surface area contributed by atoms with Crippen molar-refractivity contribution in [2.24, 2.45) is 0 Å². The topological polar surface area (TPSA) is 92.3 Å². The van der Waals surface area contributed by atoms with E-state index >= 15 is 0 Å². The highest BCUT2D eigenvalue weighted by Gasteiger charge is 2.13. The number of hydrogen-bond donors (Lipinski definition) is 2. The third-order valence-corrected chi connectivity index (χ3v) is 5.71. The van der Waals surface area contributed by atoms with Crippen LogP contribution in [0.1, 0.15) is 6.92 Å². The number of morpholine rings is 1. The third kappa shape index (κ3) is 5.28. The number of hydrogen-bond acceptors (Lipinski definition) is 7. The smallest absolute Gasteiger partial charge is 0.248 e. The van der Waals surface area contributed by atoms with Crippen molar-refractivity contribution in [3.8, 4) is 11.1 Å². The second-order valence-corrected chi connectivity index (χ2v) is 8.14. The monoisotopic (exact) mass is 466 g/mol. The zero-order chi connectivity index (χ0) is 24.0. The van der Waals surface area contributed by atoms with Crippen LogP contribution < -0.4 is 15.5 Å². The van der Waals surface area contributed by atoms with E-state index in [1.807, 2.05) is 61.5 Å². The van der Waals surface area contributed by atoms with Gasteiger partial charge in [-0.3, -0.25) is 4.79 Å². The quantitative estimate of drug-likeness (QED) is 0.395. The molecule has 1 saturated heterocycles. The first-order valence-corrected chi connectivity index (χ1v) is 11.6. The average Bonchev–Trinajstić information content (AvgIpc) is 2.89. The van der Waals surface area contributed by atoms with Crippen LogP contribution in [0, 0.1) is 0 Å². The summed E-state index contributed by atoms with van der Waals surface area (Å²) in [5.74, 6) is 1.26. The molecule has 0 atom stereocenters. The fourth-order valence-corrected chi connectivity index (χ4v) is 4.02. The molecule has 4 aromatic rings. The molecule has 0 bridgehead atoms. The Morgan fingerprint density at radius 1 is 1.00 bits per heavy atom. The minimum absolute atomic E-state index is 0.162. The van der Waals surface area contributed by atoms with Crippen molar-refractivity contribution in [2.45, 2.75) is 6.92 Å². The number of pyridine rings is 1. The van der Waals surface area contributed by atoms with Gasteiger partial charge in [-0.25, -0.2) is 15.0 Å². The number of fused-ring (bicyclic) bond motifs is 1. The summed E-state index contributed by atoms with van der Waals surface area (Å²) in [5.41, 5.74) is 4.26. The standard InChI is InChI=1S/C27H26N6O2/c1-2-5-25(34)30-21-8-3-6-19(16-21)23-9-4-7-20-17-29-27(32-26(20)23)31-22-10-11-24(28-18-22)33-12-14-35-15-13-33/h2-11,16-18H,12-15H2,1H3,(H,30,34)(H,29,31,32). The molecule has 0 radical (unpaired) electrons. The van der Waals surface area contributed by atoms with E-state index < -0.39 is 0 Å². The highest BCUT2D eigenvalue weighted by atomic mass is 16.5. The molecule has 2 aromatic heterocycles. The van der Waals surface area contributed by atoms with Gasteiger partial charge in [-0.15, -0.1) is 0 Å². The van der Waals surface area contributed by atoms with Crippen molar-refractivity contribution in [1.82, 2.24) is 15.0 Å². The van der Waals surface area contributed by atoms with Crippen LogP contribution in [-0.2, 0) is 9.53 Å². The number of amides is 1. The minimum atomic E-state index is -0.162. The summed E-state index contributed by atoms with van der Waals surface area (Å²) >= 11 is 0. The van der Waals surface area contributed by atoms with Gasteiger partial charge >= 0.3 is 0 Å². The Morgan fingerprint density at radius 2 is 1.86 bits per heavy atom. The van der Waals surface area contributed by atoms with E-state index in [9.17, 15) is 4.79 Å². The van der Waals surface area contributed by atoms with Crippen LogP contribution in [-0.4, -0.2) is 47.2 Å². The Morgan fingerprint density at radius 3 is 2.66 bits per heavy atom. The molecule has 0 saturated carbocycles. The molecule has 0 spiro atoms. The van der Waals surface area contributed by atoms with Gasteiger partial charge in [0.2, 0.25) is 11.9 Å². The van der Waals surface area contributed by atoms with Gasteiger partial charge < -0.3 is 20.3 Å². The second-order valence-electron chi connectivity index (χ2n) is 8.14. The summed E-state index contributed by atoms with van der Waals surface area (Å²) in [5, 5.41) is 7.08. The van der Waals surface area contributed by atoms with Gasteiger partial charge in [-0.05, 0) is 42.8 Å². The summed E-state index contributed by atoms with van der Waals surface area (Å²) in [7, 11) is 0.